The van der Waals surface area contributed by atoms with Gasteiger partial charge in [0.2, 0.25) is 0 Å². The molecular formula is C21H19F2NO2S. The van der Waals surface area contributed by atoms with Gasteiger partial charge in [0.15, 0.2) is 5.78 Å². The molecule has 2 aromatic carbocycles. The van der Waals surface area contributed by atoms with Crippen molar-refractivity contribution in [3.8, 4) is 0 Å². The first-order valence-electron chi connectivity index (χ1n) is 8.86. The molecule has 2 aliphatic heterocycles. The van der Waals surface area contributed by atoms with Crippen molar-refractivity contribution >= 4 is 22.6 Å². The summed E-state index contributed by atoms with van der Waals surface area (Å²) in [7, 11) is 0. The summed E-state index contributed by atoms with van der Waals surface area (Å²) in [5, 5.41) is 0.668. The molecule has 2 aliphatic rings. The normalized spacial score (nSPS) is 27.1. The molecule has 3 atom stereocenters. The number of Topliss-reactive ketones (excluding diaryl/α,β-unsaturated/α-hetero) is 1. The van der Waals surface area contributed by atoms with Gasteiger partial charge in [-0.2, -0.15) is 0 Å². The Morgan fingerprint density at radius 2 is 2.04 bits per heavy atom. The molecule has 1 fully saturated rings. The van der Waals surface area contributed by atoms with Gasteiger partial charge in [-0.1, -0.05) is 36.4 Å². The molecule has 0 aliphatic carbocycles. The maximum atomic E-state index is 14.6. The molecule has 0 saturated carbocycles. The van der Waals surface area contributed by atoms with Gasteiger partial charge < -0.3 is 4.74 Å². The molecule has 0 spiro atoms. The van der Waals surface area contributed by atoms with Gasteiger partial charge in [-0.15, -0.1) is 11.8 Å². The standard InChI is InChI=1S/C21H19F2NO2S/c1-13-17-11-27-20(10-19(25)14-5-3-2-4-6-14)24-21(17,12-26-13)16-8-7-15(22)9-18(16)23/h2-9,13,17H,10-12H2,1H3/t13-,17-,21?/m1/s1. The average Bonchev–Trinajstić information content (AvgIpc) is 2.99. The smallest absolute Gasteiger partial charge is 0.169 e. The van der Waals surface area contributed by atoms with Gasteiger partial charge in [0.05, 0.1) is 24.2 Å². The van der Waals surface area contributed by atoms with Gasteiger partial charge in [0.1, 0.15) is 17.2 Å². The van der Waals surface area contributed by atoms with E-state index in [4.69, 9.17) is 9.73 Å². The van der Waals surface area contributed by atoms with Gasteiger partial charge in [-0.05, 0) is 13.0 Å². The zero-order valence-corrected chi connectivity index (χ0v) is 15.6. The monoisotopic (exact) mass is 387 g/mol. The molecule has 0 amide bonds. The summed E-state index contributed by atoms with van der Waals surface area (Å²) in [5.41, 5.74) is 0.0542. The summed E-state index contributed by atoms with van der Waals surface area (Å²) in [6, 6.07) is 12.6. The van der Waals surface area contributed by atoms with Crippen LogP contribution in [0.15, 0.2) is 53.5 Å². The molecule has 0 N–H and O–H groups in total. The number of halogens is 2. The summed E-state index contributed by atoms with van der Waals surface area (Å²) in [6.07, 6.45) is 0.0810. The van der Waals surface area contributed by atoms with Crippen molar-refractivity contribution in [1.82, 2.24) is 0 Å². The second-order valence-electron chi connectivity index (χ2n) is 6.95. The summed E-state index contributed by atoms with van der Waals surface area (Å²) >= 11 is 1.52. The minimum atomic E-state index is -0.908. The lowest BCUT2D eigenvalue weighted by atomic mass is 9.79. The first-order chi connectivity index (χ1) is 13.0. The van der Waals surface area contributed by atoms with Crippen LogP contribution in [0.25, 0.3) is 0 Å². The fraction of sp³-hybridized carbons (Fsp3) is 0.333. The van der Waals surface area contributed by atoms with Crippen LogP contribution in [0.1, 0.15) is 29.3 Å². The van der Waals surface area contributed by atoms with E-state index in [0.29, 0.717) is 21.9 Å². The van der Waals surface area contributed by atoms with E-state index < -0.39 is 17.2 Å². The number of hydrogen-bond acceptors (Lipinski definition) is 4. The lowest BCUT2D eigenvalue weighted by Crippen LogP contribution is -2.40. The van der Waals surface area contributed by atoms with Crippen molar-refractivity contribution in [2.24, 2.45) is 10.9 Å². The molecule has 0 bridgehead atoms. The summed E-state index contributed by atoms with van der Waals surface area (Å²) in [4.78, 5) is 17.4. The summed E-state index contributed by atoms with van der Waals surface area (Å²) in [5.74, 6) is -0.620. The Labute approximate surface area is 160 Å². The van der Waals surface area contributed by atoms with E-state index >= 15 is 0 Å². The van der Waals surface area contributed by atoms with Crippen LogP contribution in [0.4, 0.5) is 8.78 Å². The molecule has 4 rings (SSSR count). The Bertz CT molecular complexity index is 902. The third-order valence-electron chi connectivity index (χ3n) is 5.31. The molecule has 2 heterocycles. The second-order valence-corrected chi connectivity index (χ2v) is 8.05. The number of carbonyl (C=O) groups is 1. The molecule has 2 aromatic rings. The van der Waals surface area contributed by atoms with E-state index in [1.807, 2.05) is 25.1 Å². The van der Waals surface area contributed by atoms with Gasteiger partial charge in [0.25, 0.3) is 0 Å². The zero-order chi connectivity index (χ0) is 19.0. The molecule has 3 nitrogen and oxygen atoms in total. The maximum Gasteiger partial charge on any atom is 0.169 e. The van der Waals surface area contributed by atoms with Crippen LogP contribution in [0.2, 0.25) is 0 Å². The quantitative estimate of drug-likeness (QED) is 0.719. The molecule has 0 aromatic heterocycles. The highest BCUT2D eigenvalue weighted by atomic mass is 32.2. The van der Waals surface area contributed by atoms with E-state index in [1.54, 1.807) is 12.1 Å². The van der Waals surface area contributed by atoms with Crippen molar-refractivity contribution in [1.29, 1.82) is 0 Å². The predicted octanol–water partition coefficient (Wildman–Crippen LogP) is 4.61. The van der Waals surface area contributed by atoms with Crippen LogP contribution in [0.5, 0.6) is 0 Å². The van der Waals surface area contributed by atoms with E-state index in [9.17, 15) is 13.6 Å². The van der Waals surface area contributed by atoms with Crippen LogP contribution < -0.4 is 0 Å². The van der Waals surface area contributed by atoms with Crippen molar-refractivity contribution in [3.05, 3.63) is 71.3 Å². The highest BCUT2D eigenvalue weighted by Crippen LogP contribution is 2.48. The number of benzene rings is 2. The fourth-order valence-electron chi connectivity index (χ4n) is 3.83. The zero-order valence-electron chi connectivity index (χ0n) is 14.8. The lowest BCUT2D eigenvalue weighted by Gasteiger charge is -2.36. The maximum absolute atomic E-state index is 14.6. The first kappa shape index (κ1) is 18.3. The Morgan fingerprint density at radius 1 is 1.26 bits per heavy atom. The number of aliphatic imine (C=N–C) groups is 1. The third-order valence-corrected chi connectivity index (χ3v) is 6.40. The number of carbonyl (C=O) groups excluding carboxylic acids is 1. The first-order valence-corrected chi connectivity index (χ1v) is 9.85. The SMILES string of the molecule is C[C@H]1OCC2(c3ccc(F)cc3F)N=C(CC(=O)c3ccccc3)SC[C@H]12. The fourth-order valence-corrected chi connectivity index (χ4v) is 5.21. The van der Waals surface area contributed by atoms with Gasteiger partial charge >= 0.3 is 0 Å². The molecule has 140 valence electrons. The van der Waals surface area contributed by atoms with E-state index in [0.717, 1.165) is 6.07 Å². The van der Waals surface area contributed by atoms with Gasteiger partial charge in [-0.25, -0.2) is 8.78 Å². The number of rotatable bonds is 4. The number of fused-ring (bicyclic) bond motifs is 1. The number of nitrogens with zero attached hydrogens (tertiary/aromatic N) is 1. The average molecular weight is 387 g/mol. The van der Waals surface area contributed by atoms with Crippen LogP contribution in [-0.2, 0) is 10.3 Å². The van der Waals surface area contributed by atoms with Crippen LogP contribution >= 0.6 is 11.8 Å². The van der Waals surface area contributed by atoms with E-state index in [2.05, 4.69) is 0 Å². The number of ketones is 1. The van der Waals surface area contributed by atoms with Crippen LogP contribution in [0, 0.1) is 17.6 Å². The van der Waals surface area contributed by atoms with Crippen LogP contribution in [0.3, 0.4) is 0 Å². The Balaban J connectivity index is 1.71. The molecule has 1 unspecified atom stereocenters. The van der Waals surface area contributed by atoms with Gasteiger partial charge in [-0.3, -0.25) is 9.79 Å². The highest BCUT2D eigenvalue weighted by Gasteiger charge is 2.52. The number of hydrogen-bond donors (Lipinski definition) is 0. The van der Waals surface area contributed by atoms with E-state index in [1.165, 1.54) is 23.9 Å². The molecule has 6 heteroatoms. The van der Waals surface area contributed by atoms with Crippen molar-refractivity contribution < 1.29 is 18.3 Å². The van der Waals surface area contributed by atoms with Crippen molar-refractivity contribution in [3.63, 3.8) is 0 Å². The van der Waals surface area contributed by atoms with Crippen LogP contribution in [-0.4, -0.2) is 29.3 Å². The molecule has 0 radical (unpaired) electrons. The third kappa shape index (κ3) is 3.32. The number of thioether (sulfide) groups is 1. The molecular weight excluding hydrogens is 368 g/mol. The largest absolute Gasteiger partial charge is 0.375 e. The Hall–Kier alpha value is -2.05. The second kappa shape index (κ2) is 7.17. The number of ether oxygens (including phenoxy) is 1. The predicted molar refractivity (Wildman–Crippen MR) is 102 cm³/mol. The Morgan fingerprint density at radius 3 is 2.78 bits per heavy atom. The minimum Gasteiger partial charge on any atom is -0.375 e. The van der Waals surface area contributed by atoms with E-state index in [-0.39, 0.29) is 30.8 Å². The van der Waals surface area contributed by atoms with Crippen molar-refractivity contribution in [2.45, 2.75) is 25.0 Å². The van der Waals surface area contributed by atoms with Crippen molar-refractivity contribution in [2.75, 3.05) is 12.4 Å². The minimum absolute atomic E-state index is 0.0259. The Kier molecular flexibility index (Phi) is 4.86. The molecule has 1 saturated heterocycles. The molecule has 27 heavy (non-hydrogen) atoms. The topological polar surface area (TPSA) is 38.7 Å². The highest BCUT2D eigenvalue weighted by molar-refractivity contribution is 8.14. The summed E-state index contributed by atoms with van der Waals surface area (Å²) < 4.78 is 33.8. The lowest BCUT2D eigenvalue weighted by molar-refractivity contribution is 0.100. The summed E-state index contributed by atoms with van der Waals surface area (Å²) in [6.45, 7) is 2.18. The van der Waals surface area contributed by atoms with Gasteiger partial charge in [0, 0.05) is 28.9 Å².